The van der Waals surface area contributed by atoms with Crippen LogP contribution in [0.4, 0.5) is 22.0 Å². The van der Waals surface area contributed by atoms with Crippen LogP contribution in [-0.2, 0) is 21.4 Å². The maximum Gasteiger partial charge on any atom is 0.516 e. The number of ether oxygens (including phenoxy) is 1. The maximum atomic E-state index is 13.7. The SMILES string of the molecule is Cl.O=C(CCSC1c2ccccc2COc2ccc(/C=C/c3ccc4cc(F)c(F)cc4n3)cc21)NS(=O)(=O)C(F)(F)F. The Morgan fingerprint density at radius 2 is 1.74 bits per heavy atom. The van der Waals surface area contributed by atoms with Crippen molar-refractivity contribution < 1.29 is 39.9 Å². The molecule has 0 spiro atoms. The molecule has 0 radical (unpaired) electrons. The van der Waals surface area contributed by atoms with E-state index in [1.807, 2.05) is 36.4 Å². The minimum absolute atomic E-state index is 0. The van der Waals surface area contributed by atoms with Gasteiger partial charge in [0, 0.05) is 29.2 Å². The van der Waals surface area contributed by atoms with E-state index >= 15 is 0 Å². The van der Waals surface area contributed by atoms with E-state index in [1.54, 1.807) is 30.4 Å². The van der Waals surface area contributed by atoms with Gasteiger partial charge in [0.25, 0.3) is 0 Å². The summed E-state index contributed by atoms with van der Waals surface area (Å²) in [5.74, 6) is -2.62. The molecule has 43 heavy (non-hydrogen) atoms. The molecule has 2 heterocycles. The number of sulfonamides is 1. The molecule has 3 aromatic carbocycles. The van der Waals surface area contributed by atoms with Crippen molar-refractivity contribution in [3.05, 3.63) is 106 Å². The van der Waals surface area contributed by atoms with E-state index in [2.05, 4.69) is 4.98 Å². The molecule has 1 atom stereocenters. The first kappa shape index (κ1) is 32.2. The number of halogens is 6. The van der Waals surface area contributed by atoms with Crippen molar-refractivity contribution in [3.8, 4) is 5.75 Å². The quantitative estimate of drug-likeness (QED) is 0.212. The Morgan fingerprint density at radius 3 is 2.51 bits per heavy atom. The summed E-state index contributed by atoms with van der Waals surface area (Å²) in [6.07, 6.45) is 3.02. The highest BCUT2D eigenvalue weighted by Gasteiger charge is 2.46. The third-order valence-electron chi connectivity index (χ3n) is 6.40. The lowest BCUT2D eigenvalue weighted by Crippen LogP contribution is -2.40. The number of thioether (sulfide) groups is 1. The molecule has 6 nitrogen and oxygen atoms in total. The molecule has 1 amide bonds. The average molecular weight is 657 g/mol. The summed E-state index contributed by atoms with van der Waals surface area (Å²) in [5, 5.41) is 0.0761. The molecule has 1 aromatic heterocycles. The molecule has 1 aliphatic rings. The number of hydrogen-bond acceptors (Lipinski definition) is 6. The largest absolute Gasteiger partial charge is 0.516 e. The first-order valence-electron chi connectivity index (χ1n) is 12.4. The van der Waals surface area contributed by atoms with Gasteiger partial charge in [-0.05, 0) is 47.0 Å². The number of nitrogens with zero attached hydrogens (tertiary/aromatic N) is 1. The maximum absolute atomic E-state index is 13.7. The number of alkyl halides is 3. The molecule has 1 aliphatic heterocycles. The molecular weight excluding hydrogens is 635 g/mol. The smallest absolute Gasteiger partial charge is 0.489 e. The summed E-state index contributed by atoms with van der Waals surface area (Å²) < 4.78 is 94.7. The van der Waals surface area contributed by atoms with Crippen molar-refractivity contribution in [2.75, 3.05) is 5.75 Å². The molecule has 0 aliphatic carbocycles. The first-order valence-corrected chi connectivity index (χ1v) is 15.0. The zero-order chi connectivity index (χ0) is 30.1. The van der Waals surface area contributed by atoms with E-state index in [9.17, 15) is 35.2 Å². The van der Waals surface area contributed by atoms with Crippen molar-refractivity contribution in [1.82, 2.24) is 9.71 Å². The molecule has 5 rings (SSSR count). The predicted octanol–water partition coefficient (Wildman–Crippen LogP) is 7.18. The lowest BCUT2D eigenvalue weighted by atomic mass is 9.98. The fourth-order valence-corrected chi connectivity index (χ4v) is 6.20. The molecule has 1 N–H and O–H groups in total. The van der Waals surface area contributed by atoms with Crippen LogP contribution in [0.15, 0.2) is 66.7 Å². The third-order valence-corrected chi connectivity index (χ3v) is 8.79. The summed E-state index contributed by atoms with van der Waals surface area (Å²) >= 11 is 1.27. The molecule has 1 unspecified atom stereocenters. The van der Waals surface area contributed by atoms with E-state index in [0.29, 0.717) is 22.3 Å². The highest BCUT2D eigenvalue weighted by atomic mass is 35.5. The lowest BCUT2D eigenvalue weighted by Gasteiger charge is -2.19. The third kappa shape index (κ3) is 7.28. The van der Waals surface area contributed by atoms with Crippen molar-refractivity contribution in [2.45, 2.75) is 23.8 Å². The van der Waals surface area contributed by atoms with Crippen molar-refractivity contribution in [3.63, 3.8) is 0 Å². The predicted molar refractivity (Wildman–Crippen MR) is 157 cm³/mol. The van der Waals surface area contributed by atoms with E-state index in [-0.39, 0.29) is 30.0 Å². The van der Waals surface area contributed by atoms with E-state index < -0.39 is 39.5 Å². The van der Waals surface area contributed by atoms with Gasteiger partial charge in [-0.2, -0.15) is 21.6 Å². The number of pyridine rings is 1. The van der Waals surface area contributed by atoms with Crippen LogP contribution in [0.3, 0.4) is 0 Å². The van der Waals surface area contributed by atoms with Crippen LogP contribution >= 0.6 is 24.2 Å². The number of fused-ring (bicyclic) bond motifs is 3. The van der Waals surface area contributed by atoms with Gasteiger partial charge in [0.05, 0.1) is 16.5 Å². The van der Waals surface area contributed by atoms with Gasteiger partial charge in [-0.1, -0.05) is 42.5 Å². The van der Waals surface area contributed by atoms with Crippen molar-refractivity contribution in [2.24, 2.45) is 0 Å². The molecule has 0 saturated carbocycles. The highest BCUT2D eigenvalue weighted by molar-refractivity contribution is 7.99. The second kappa shape index (κ2) is 12.9. The van der Waals surface area contributed by atoms with Crippen LogP contribution in [0.25, 0.3) is 23.1 Å². The van der Waals surface area contributed by atoms with Gasteiger partial charge in [-0.25, -0.2) is 18.5 Å². The van der Waals surface area contributed by atoms with Crippen LogP contribution in [0.1, 0.15) is 39.6 Å². The Hall–Kier alpha value is -3.68. The van der Waals surface area contributed by atoms with Gasteiger partial charge in [-0.15, -0.1) is 24.2 Å². The number of aromatic nitrogens is 1. The Balaban J connectivity index is 0.00000423. The lowest BCUT2D eigenvalue weighted by molar-refractivity contribution is -0.119. The molecule has 0 fully saturated rings. The average Bonchev–Trinajstić information content (AvgIpc) is 3.08. The van der Waals surface area contributed by atoms with Crippen LogP contribution in [0, 0.1) is 11.6 Å². The highest BCUT2D eigenvalue weighted by Crippen LogP contribution is 2.44. The second-order valence-corrected chi connectivity index (χ2v) is 12.2. The molecule has 226 valence electrons. The van der Waals surface area contributed by atoms with Gasteiger partial charge in [0.1, 0.15) is 12.4 Å². The normalized spacial score (nSPS) is 14.8. The molecule has 4 aromatic rings. The van der Waals surface area contributed by atoms with Crippen LogP contribution in [-0.4, -0.2) is 30.6 Å². The number of benzene rings is 3. The van der Waals surface area contributed by atoms with Gasteiger partial charge in [-0.3, -0.25) is 4.79 Å². The molecule has 14 heteroatoms. The van der Waals surface area contributed by atoms with Gasteiger partial charge < -0.3 is 4.74 Å². The topological polar surface area (TPSA) is 85.4 Å². The molecule has 0 saturated heterocycles. The summed E-state index contributed by atoms with van der Waals surface area (Å²) in [5.41, 5.74) is -1.51. The van der Waals surface area contributed by atoms with Crippen LogP contribution in [0.5, 0.6) is 5.75 Å². The van der Waals surface area contributed by atoms with E-state index in [4.69, 9.17) is 4.74 Å². The number of hydrogen-bond donors (Lipinski definition) is 1. The fourth-order valence-electron chi connectivity index (χ4n) is 4.37. The van der Waals surface area contributed by atoms with Crippen molar-refractivity contribution >= 4 is 63.2 Å². The number of carbonyl (C=O) groups is 1. The van der Waals surface area contributed by atoms with E-state index in [1.165, 1.54) is 11.8 Å². The first-order chi connectivity index (χ1) is 19.9. The minimum Gasteiger partial charge on any atom is -0.489 e. The monoisotopic (exact) mass is 656 g/mol. The fraction of sp³-hybridized carbons (Fsp3) is 0.172. The number of rotatable bonds is 7. The summed E-state index contributed by atoms with van der Waals surface area (Å²) in [4.78, 5) is 16.4. The molecular formula is C29H22ClF5N2O4S2. The number of carbonyl (C=O) groups excluding carboxylic acids is 1. The van der Waals surface area contributed by atoms with Gasteiger partial charge >= 0.3 is 15.5 Å². The Morgan fingerprint density at radius 1 is 1.00 bits per heavy atom. The minimum atomic E-state index is -5.78. The summed E-state index contributed by atoms with van der Waals surface area (Å²) in [6.45, 7) is 0.276. The zero-order valence-electron chi connectivity index (χ0n) is 21.9. The Labute approximate surface area is 253 Å². The van der Waals surface area contributed by atoms with E-state index in [0.717, 1.165) is 39.1 Å². The zero-order valence-corrected chi connectivity index (χ0v) is 24.3. The Kier molecular flexibility index (Phi) is 9.67. The van der Waals surface area contributed by atoms with Crippen molar-refractivity contribution in [1.29, 1.82) is 0 Å². The van der Waals surface area contributed by atoms with Gasteiger partial charge in [0.15, 0.2) is 11.6 Å². The number of nitrogens with one attached hydrogen (secondary N) is 1. The standard InChI is InChI=1S/C29H21F5N2O4S2.ClH/c30-23-14-18-7-9-20(35-25(18)15-24(23)31)8-5-17-6-10-26-22(13-17)28(21-4-2-1-3-19(21)16-40-26)41-12-11-27(37)36-42(38,39)29(32,33)34;/h1-10,13-15,28H,11-12,16H2,(H,36,37);1H/b8-5+;. The summed E-state index contributed by atoms with van der Waals surface area (Å²) in [7, 11) is -5.78. The number of amides is 1. The summed E-state index contributed by atoms with van der Waals surface area (Å²) in [6, 6.07) is 18.3. The molecule has 0 bridgehead atoms. The second-order valence-electron chi connectivity index (χ2n) is 9.29. The van der Waals surface area contributed by atoms with Crippen LogP contribution < -0.4 is 9.46 Å². The van der Waals surface area contributed by atoms with Crippen LogP contribution in [0.2, 0.25) is 0 Å². The van der Waals surface area contributed by atoms with Gasteiger partial charge in [0.2, 0.25) is 5.91 Å². The Bertz CT molecular complexity index is 1820.